The Morgan fingerprint density at radius 3 is 2.05 bits per heavy atom. The number of rotatable bonds is 7. The van der Waals surface area contributed by atoms with E-state index in [1.807, 2.05) is 39.8 Å². The van der Waals surface area contributed by atoms with Gasteiger partial charge in [-0.15, -0.1) is 0 Å². The fraction of sp³-hybridized carbons (Fsp3) is 0.562. The molecule has 1 rings (SSSR count). The number of ketones is 1. The third-order valence-electron chi connectivity index (χ3n) is 3.28. The van der Waals surface area contributed by atoms with Crippen molar-refractivity contribution in [2.24, 2.45) is 0 Å². The molecule has 0 atom stereocenters. The number of ether oxygens (including phenoxy) is 1. The van der Waals surface area contributed by atoms with Crippen molar-refractivity contribution in [3.05, 3.63) is 24.3 Å². The monoisotopic (exact) mass is 300 g/mol. The number of benzene rings is 1. The van der Waals surface area contributed by atoms with E-state index in [0.717, 1.165) is 4.90 Å². The van der Waals surface area contributed by atoms with Crippen LogP contribution < -0.4 is 4.74 Å². The number of halogens is 1. The van der Waals surface area contributed by atoms with E-state index in [1.165, 1.54) is 0 Å². The predicted octanol–water partition coefficient (Wildman–Crippen LogP) is 4.91. The molecule has 0 radical (unpaired) electrons. The van der Waals surface area contributed by atoms with Crippen molar-refractivity contribution in [1.82, 2.24) is 0 Å². The van der Waals surface area contributed by atoms with E-state index in [4.69, 9.17) is 4.74 Å². The Labute approximate surface area is 123 Å². The van der Waals surface area contributed by atoms with Gasteiger partial charge in [0.2, 0.25) is 0 Å². The van der Waals surface area contributed by atoms with Crippen LogP contribution in [0.3, 0.4) is 0 Å². The largest absolute Gasteiger partial charge is 0.493 e. The Kier molecular flexibility index (Phi) is 6.06. The Hall–Kier alpha value is -1.03. The molecular formula is C16H25FO2S. The third kappa shape index (κ3) is 3.98. The van der Waals surface area contributed by atoms with Gasteiger partial charge in [-0.25, -0.2) is 0 Å². The minimum absolute atomic E-state index is 0.00742. The predicted molar refractivity (Wildman–Crippen MR) is 84.5 cm³/mol. The minimum atomic E-state index is -2.31. The molecule has 0 fully saturated rings. The lowest BCUT2D eigenvalue weighted by molar-refractivity contribution is -0.117. The van der Waals surface area contributed by atoms with Gasteiger partial charge in [0.05, 0.1) is 6.61 Å². The lowest BCUT2D eigenvalue weighted by Crippen LogP contribution is -2.17. The molecule has 0 aromatic heterocycles. The average molecular weight is 300 g/mol. The molecule has 0 bridgehead atoms. The third-order valence-corrected chi connectivity index (χ3v) is 7.02. The Morgan fingerprint density at radius 2 is 1.65 bits per heavy atom. The molecule has 0 unspecified atom stereocenters. The molecule has 114 valence electrons. The number of Topliss-reactive ketones (excluding diaryl/α,β-unsaturated/α-hetero) is 1. The molecular weight excluding hydrogens is 275 g/mol. The highest BCUT2D eigenvalue weighted by Gasteiger charge is 2.33. The van der Waals surface area contributed by atoms with Crippen molar-refractivity contribution >= 4 is 16.2 Å². The van der Waals surface area contributed by atoms with E-state index in [9.17, 15) is 4.79 Å². The highest BCUT2D eigenvalue weighted by Crippen LogP contribution is 2.64. The number of hydrogen-bond acceptors (Lipinski definition) is 2. The van der Waals surface area contributed by atoms with Gasteiger partial charge in [-0.3, -0.25) is 4.79 Å². The van der Waals surface area contributed by atoms with Gasteiger partial charge in [0.1, 0.15) is 11.5 Å². The lowest BCUT2D eigenvalue weighted by atomic mass is 10.3. The first-order chi connectivity index (χ1) is 9.28. The van der Waals surface area contributed by atoms with Crippen LogP contribution in [0.25, 0.3) is 0 Å². The van der Waals surface area contributed by atoms with Crippen LogP contribution in [0.2, 0.25) is 0 Å². The summed E-state index contributed by atoms with van der Waals surface area (Å²) in [6.45, 7) is 9.66. The molecule has 0 aliphatic carbocycles. The van der Waals surface area contributed by atoms with E-state index < -0.39 is 10.4 Å². The summed E-state index contributed by atoms with van der Waals surface area (Å²) in [5.74, 6) is 0.790. The summed E-state index contributed by atoms with van der Waals surface area (Å²) in [4.78, 5) is 11.6. The molecule has 0 heterocycles. The van der Waals surface area contributed by atoms with Crippen molar-refractivity contribution in [3.63, 3.8) is 0 Å². The number of carbonyl (C=O) groups is 1. The minimum Gasteiger partial charge on any atom is -0.493 e. The summed E-state index contributed by atoms with van der Waals surface area (Å²) in [7, 11) is -2.31. The van der Waals surface area contributed by atoms with Crippen LogP contribution in [-0.4, -0.2) is 22.9 Å². The molecule has 0 saturated carbocycles. The fourth-order valence-corrected chi connectivity index (χ4v) is 4.88. The van der Waals surface area contributed by atoms with Crippen LogP contribution >= 0.6 is 10.4 Å². The smallest absolute Gasteiger partial charge is 0.133 e. The maximum Gasteiger partial charge on any atom is 0.133 e. The van der Waals surface area contributed by atoms with Crippen LogP contribution in [0.1, 0.15) is 41.0 Å². The first kappa shape index (κ1) is 17.0. The molecule has 1 aromatic carbocycles. The summed E-state index contributed by atoms with van der Waals surface area (Å²) < 4.78 is 20.7. The molecule has 20 heavy (non-hydrogen) atoms. The second kappa shape index (κ2) is 7.11. The quantitative estimate of drug-likeness (QED) is 0.715. The molecule has 0 aliphatic rings. The van der Waals surface area contributed by atoms with Gasteiger partial charge in [0.15, 0.2) is 0 Å². The zero-order chi connectivity index (χ0) is 15.3. The molecule has 1 aromatic rings. The molecule has 2 nitrogen and oxygen atoms in total. The van der Waals surface area contributed by atoms with Gasteiger partial charge >= 0.3 is 0 Å². The number of hydrogen-bond donors (Lipinski definition) is 0. The molecule has 0 saturated heterocycles. The summed E-state index contributed by atoms with van der Waals surface area (Å²) >= 11 is 0. The van der Waals surface area contributed by atoms with Gasteiger partial charge in [0, 0.05) is 21.8 Å². The maximum atomic E-state index is 15.3. The Balaban J connectivity index is 2.82. The van der Waals surface area contributed by atoms with E-state index in [2.05, 4.69) is 0 Å². The average Bonchev–Trinajstić information content (AvgIpc) is 2.37. The van der Waals surface area contributed by atoms with E-state index in [-0.39, 0.29) is 16.3 Å². The first-order valence-corrected chi connectivity index (χ1v) is 8.67. The van der Waals surface area contributed by atoms with Crippen molar-refractivity contribution < 1.29 is 13.4 Å². The summed E-state index contributed by atoms with van der Waals surface area (Å²) in [6, 6.07) is 7.22. The zero-order valence-corrected chi connectivity index (χ0v) is 13.8. The molecule has 0 N–H and O–H groups in total. The fourth-order valence-electron chi connectivity index (χ4n) is 2.15. The normalized spacial score (nSPS) is 12.8. The van der Waals surface area contributed by atoms with Crippen LogP contribution in [0.4, 0.5) is 3.89 Å². The van der Waals surface area contributed by atoms with Gasteiger partial charge in [0.25, 0.3) is 0 Å². The van der Waals surface area contributed by atoms with Gasteiger partial charge in [-0.05, 0) is 31.2 Å². The van der Waals surface area contributed by atoms with Crippen molar-refractivity contribution in [2.75, 3.05) is 6.61 Å². The molecule has 0 aliphatic heterocycles. The summed E-state index contributed by atoms with van der Waals surface area (Å²) in [6.07, 6.45) is 0.401. The van der Waals surface area contributed by atoms with Gasteiger partial charge in [-0.2, -0.15) is 3.89 Å². The van der Waals surface area contributed by atoms with Gasteiger partial charge < -0.3 is 4.74 Å². The Morgan fingerprint density at radius 1 is 1.15 bits per heavy atom. The topological polar surface area (TPSA) is 26.3 Å². The first-order valence-electron chi connectivity index (χ1n) is 7.01. The van der Waals surface area contributed by atoms with Crippen LogP contribution in [0, 0.1) is 0 Å². The summed E-state index contributed by atoms with van der Waals surface area (Å²) in [5, 5.41) is -0.0148. The van der Waals surface area contributed by atoms with Crippen LogP contribution in [0.5, 0.6) is 5.75 Å². The molecule has 4 heteroatoms. The molecule has 0 amide bonds. The maximum absolute atomic E-state index is 15.3. The Bertz CT molecular complexity index is 432. The highest BCUT2D eigenvalue weighted by molar-refractivity contribution is 8.30. The summed E-state index contributed by atoms with van der Waals surface area (Å²) in [5.41, 5.74) is 0. The zero-order valence-electron chi connectivity index (χ0n) is 13.0. The second-order valence-corrected chi connectivity index (χ2v) is 9.11. The SMILES string of the molecule is CC(=O)CCOc1ccc(S(F)(C(C)C)C(C)C)cc1. The van der Waals surface area contributed by atoms with Crippen LogP contribution in [-0.2, 0) is 4.79 Å². The molecule has 0 spiro atoms. The second-order valence-electron chi connectivity index (χ2n) is 5.50. The van der Waals surface area contributed by atoms with Crippen molar-refractivity contribution in [1.29, 1.82) is 0 Å². The van der Waals surface area contributed by atoms with Crippen molar-refractivity contribution in [3.8, 4) is 5.75 Å². The van der Waals surface area contributed by atoms with Crippen molar-refractivity contribution in [2.45, 2.75) is 56.4 Å². The van der Waals surface area contributed by atoms with E-state index >= 15 is 3.89 Å². The van der Waals surface area contributed by atoms with Gasteiger partial charge in [-0.1, -0.05) is 38.1 Å². The van der Waals surface area contributed by atoms with E-state index in [0.29, 0.717) is 18.8 Å². The van der Waals surface area contributed by atoms with Crippen LogP contribution in [0.15, 0.2) is 29.2 Å². The van der Waals surface area contributed by atoms with E-state index in [1.54, 1.807) is 19.1 Å². The lowest BCUT2D eigenvalue weighted by Gasteiger charge is -2.39. The highest BCUT2D eigenvalue weighted by atomic mass is 32.3. The number of carbonyl (C=O) groups excluding carboxylic acids is 1. The standard InChI is InChI=1S/C16H25FO2S/c1-12(2)20(17,13(3)4)16-8-6-15(7-9-16)19-11-10-14(5)18/h6-9,12-13H,10-11H2,1-5H3.